The molecular formula is C14H20FNO. The second kappa shape index (κ2) is 5.50. The first-order chi connectivity index (χ1) is 8.20. The van der Waals surface area contributed by atoms with Crippen molar-refractivity contribution in [3.63, 3.8) is 0 Å². The van der Waals surface area contributed by atoms with Gasteiger partial charge in [-0.3, -0.25) is 0 Å². The Hall–Kier alpha value is -1.09. The van der Waals surface area contributed by atoms with Gasteiger partial charge < -0.3 is 10.1 Å². The van der Waals surface area contributed by atoms with Crippen LogP contribution in [0.25, 0.3) is 0 Å². The zero-order chi connectivity index (χ0) is 12.3. The number of nitrogens with one attached hydrogen (secondary N) is 1. The fraction of sp³-hybridized carbons (Fsp3) is 0.571. The van der Waals surface area contributed by atoms with Crippen LogP contribution >= 0.6 is 0 Å². The summed E-state index contributed by atoms with van der Waals surface area (Å²) in [5, 5.41) is 3.46. The highest BCUT2D eigenvalue weighted by molar-refractivity contribution is 5.38. The average Bonchev–Trinajstić information content (AvgIpc) is 2.81. The molecule has 1 aliphatic heterocycles. The molecular weight excluding hydrogens is 217 g/mol. The maximum atomic E-state index is 13.3. The van der Waals surface area contributed by atoms with E-state index in [0.717, 1.165) is 29.8 Å². The molecule has 1 heterocycles. The van der Waals surface area contributed by atoms with Crippen molar-refractivity contribution in [1.29, 1.82) is 0 Å². The summed E-state index contributed by atoms with van der Waals surface area (Å²) in [5.41, 5.74) is 1.84. The van der Waals surface area contributed by atoms with Crippen LogP contribution in [-0.4, -0.2) is 19.7 Å². The summed E-state index contributed by atoms with van der Waals surface area (Å²) in [7, 11) is 1.67. The molecule has 0 spiro atoms. The minimum absolute atomic E-state index is 0.508. The average molecular weight is 237 g/mol. The monoisotopic (exact) mass is 237 g/mol. The van der Waals surface area contributed by atoms with Crippen LogP contribution in [0.2, 0.25) is 0 Å². The second-order valence-corrected chi connectivity index (χ2v) is 4.68. The van der Waals surface area contributed by atoms with Crippen molar-refractivity contribution in [2.24, 2.45) is 0 Å². The summed E-state index contributed by atoms with van der Waals surface area (Å²) in [6, 6.07) is 6.11. The quantitative estimate of drug-likeness (QED) is 0.869. The molecule has 1 aromatic rings. The summed E-state index contributed by atoms with van der Waals surface area (Å²) in [4.78, 5) is 0. The molecule has 1 aliphatic rings. The molecule has 2 unspecified atom stereocenters. The predicted molar refractivity (Wildman–Crippen MR) is 67.2 cm³/mol. The van der Waals surface area contributed by atoms with E-state index >= 15 is 0 Å². The van der Waals surface area contributed by atoms with Gasteiger partial charge in [-0.15, -0.1) is 0 Å². The molecule has 2 rings (SSSR count). The largest absolute Gasteiger partial charge is 0.496 e. The number of hydrogen-bond acceptors (Lipinski definition) is 2. The number of rotatable bonds is 4. The highest BCUT2D eigenvalue weighted by Gasteiger charge is 2.17. The van der Waals surface area contributed by atoms with Crippen LogP contribution in [0.3, 0.4) is 0 Å². The lowest BCUT2D eigenvalue weighted by Gasteiger charge is -2.15. The van der Waals surface area contributed by atoms with Gasteiger partial charge in [0.1, 0.15) is 11.9 Å². The summed E-state index contributed by atoms with van der Waals surface area (Å²) in [5.74, 6) is 0.864. The summed E-state index contributed by atoms with van der Waals surface area (Å²) < 4.78 is 18.6. The molecule has 0 aliphatic carbocycles. The van der Waals surface area contributed by atoms with Crippen molar-refractivity contribution in [3.8, 4) is 5.75 Å². The van der Waals surface area contributed by atoms with Gasteiger partial charge in [-0.1, -0.05) is 6.07 Å². The van der Waals surface area contributed by atoms with Crippen molar-refractivity contribution < 1.29 is 9.13 Å². The van der Waals surface area contributed by atoms with Gasteiger partial charge in [0.2, 0.25) is 0 Å². The Balaban J connectivity index is 2.19. The summed E-state index contributed by atoms with van der Waals surface area (Å²) in [6.07, 6.45) is 2.42. The number of methoxy groups -OCH3 is 1. The van der Waals surface area contributed by atoms with E-state index in [2.05, 4.69) is 5.32 Å². The van der Waals surface area contributed by atoms with Gasteiger partial charge in [0, 0.05) is 6.04 Å². The Kier molecular flexibility index (Phi) is 4.00. The molecule has 1 N–H and O–H groups in total. The molecule has 0 aromatic heterocycles. The van der Waals surface area contributed by atoms with Gasteiger partial charge in [-0.05, 0) is 56.0 Å². The van der Waals surface area contributed by atoms with E-state index in [0.29, 0.717) is 6.04 Å². The summed E-state index contributed by atoms with van der Waals surface area (Å²) in [6.45, 7) is 2.66. The van der Waals surface area contributed by atoms with Crippen LogP contribution in [0.4, 0.5) is 4.39 Å². The van der Waals surface area contributed by atoms with Gasteiger partial charge in [0.25, 0.3) is 0 Å². The molecule has 94 valence electrons. The van der Waals surface area contributed by atoms with E-state index in [1.807, 2.05) is 12.1 Å². The predicted octanol–water partition coefficient (Wildman–Crippen LogP) is 3.02. The molecule has 2 nitrogen and oxygen atoms in total. The highest BCUT2D eigenvalue weighted by Crippen LogP contribution is 2.27. The molecule has 0 bridgehead atoms. The van der Waals surface area contributed by atoms with Crippen LogP contribution in [0, 0.1) is 0 Å². The molecule has 1 saturated heterocycles. The number of ether oxygens (including phenoxy) is 1. The zero-order valence-corrected chi connectivity index (χ0v) is 10.5. The van der Waals surface area contributed by atoms with E-state index in [-0.39, 0.29) is 0 Å². The molecule has 1 aromatic carbocycles. The Bertz CT molecular complexity index is 372. The Morgan fingerprint density at radius 2 is 2.35 bits per heavy atom. The molecule has 17 heavy (non-hydrogen) atoms. The van der Waals surface area contributed by atoms with Crippen molar-refractivity contribution in [1.82, 2.24) is 5.32 Å². The Morgan fingerprint density at radius 1 is 1.53 bits per heavy atom. The molecule has 0 radical (unpaired) electrons. The van der Waals surface area contributed by atoms with Crippen LogP contribution < -0.4 is 10.1 Å². The van der Waals surface area contributed by atoms with E-state index in [9.17, 15) is 4.39 Å². The van der Waals surface area contributed by atoms with Crippen LogP contribution in [-0.2, 0) is 6.42 Å². The minimum Gasteiger partial charge on any atom is -0.496 e. The number of hydrogen-bond donors (Lipinski definition) is 1. The first-order valence-electron chi connectivity index (χ1n) is 6.25. The highest BCUT2D eigenvalue weighted by atomic mass is 19.1. The SMILES string of the molecule is COc1ccc(C(C)F)cc1CC1CCCN1. The van der Waals surface area contributed by atoms with Gasteiger partial charge in [0.15, 0.2) is 0 Å². The Labute approximate surface area is 102 Å². The lowest BCUT2D eigenvalue weighted by molar-refractivity contribution is 0.371. The van der Waals surface area contributed by atoms with Crippen molar-refractivity contribution in [3.05, 3.63) is 29.3 Å². The third-order valence-electron chi connectivity index (χ3n) is 3.39. The van der Waals surface area contributed by atoms with Crippen molar-refractivity contribution in [2.75, 3.05) is 13.7 Å². The van der Waals surface area contributed by atoms with E-state index in [1.165, 1.54) is 12.8 Å². The smallest absolute Gasteiger partial charge is 0.122 e. The number of benzene rings is 1. The first-order valence-corrected chi connectivity index (χ1v) is 6.25. The van der Waals surface area contributed by atoms with Gasteiger partial charge in [0.05, 0.1) is 7.11 Å². The topological polar surface area (TPSA) is 21.3 Å². The zero-order valence-electron chi connectivity index (χ0n) is 10.5. The molecule has 1 fully saturated rings. The number of alkyl halides is 1. The van der Waals surface area contributed by atoms with Crippen molar-refractivity contribution >= 4 is 0 Å². The van der Waals surface area contributed by atoms with Gasteiger partial charge in [-0.2, -0.15) is 0 Å². The lowest BCUT2D eigenvalue weighted by atomic mass is 10.00. The van der Waals surface area contributed by atoms with Crippen molar-refractivity contribution in [2.45, 2.75) is 38.4 Å². The van der Waals surface area contributed by atoms with E-state index in [4.69, 9.17) is 4.74 Å². The summed E-state index contributed by atoms with van der Waals surface area (Å²) >= 11 is 0. The fourth-order valence-electron chi connectivity index (χ4n) is 2.40. The minimum atomic E-state index is -0.920. The second-order valence-electron chi connectivity index (χ2n) is 4.68. The van der Waals surface area contributed by atoms with Crippen LogP contribution in [0.15, 0.2) is 18.2 Å². The third-order valence-corrected chi connectivity index (χ3v) is 3.39. The molecule has 3 heteroatoms. The normalized spacial score (nSPS) is 21.5. The van der Waals surface area contributed by atoms with Crippen LogP contribution in [0.1, 0.15) is 37.1 Å². The maximum absolute atomic E-state index is 13.3. The van der Waals surface area contributed by atoms with E-state index < -0.39 is 6.17 Å². The Morgan fingerprint density at radius 3 is 2.94 bits per heavy atom. The number of halogens is 1. The maximum Gasteiger partial charge on any atom is 0.122 e. The first kappa shape index (κ1) is 12.4. The van der Waals surface area contributed by atoms with E-state index in [1.54, 1.807) is 20.1 Å². The van der Waals surface area contributed by atoms with Gasteiger partial charge >= 0.3 is 0 Å². The molecule has 0 saturated carbocycles. The standard InChI is InChI=1S/C14H20FNO/c1-10(15)11-5-6-14(17-2)12(8-11)9-13-4-3-7-16-13/h5-6,8,10,13,16H,3-4,7,9H2,1-2H3. The lowest BCUT2D eigenvalue weighted by Crippen LogP contribution is -2.23. The third kappa shape index (κ3) is 2.97. The van der Waals surface area contributed by atoms with Crippen LogP contribution in [0.5, 0.6) is 5.75 Å². The fourth-order valence-corrected chi connectivity index (χ4v) is 2.40. The molecule has 2 atom stereocenters. The molecule has 0 amide bonds. The van der Waals surface area contributed by atoms with Gasteiger partial charge in [-0.25, -0.2) is 4.39 Å².